The number of nitriles is 2. The first-order valence-electron chi connectivity index (χ1n) is 4.31. The smallest absolute Gasteiger partial charge is 0.166 e. The lowest BCUT2D eigenvalue weighted by atomic mass is 10.3. The van der Waals surface area contributed by atoms with Gasteiger partial charge in [0.15, 0.2) is 5.75 Å². The Morgan fingerprint density at radius 2 is 2.00 bits per heavy atom. The summed E-state index contributed by atoms with van der Waals surface area (Å²) in [5.41, 5.74) is 0.484. The summed E-state index contributed by atoms with van der Waals surface area (Å²) in [4.78, 5) is 0.470. The van der Waals surface area contributed by atoms with Crippen LogP contribution in [0.15, 0.2) is 4.21 Å². The van der Waals surface area contributed by atoms with Gasteiger partial charge in [-0.3, -0.25) is 0 Å². The van der Waals surface area contributed by atoms with Gasteiger partial charge in [-0.1, -0.05) is 13.8 Å². The average Bonchev–Trinajstić information content (AvgIpc) is 2.53. The number of methoxy groups -OCH3 is 1. The summed E-state index contributed by atoms with van der Waals surface area (Å²) in [6, 6.07) is 4.13. The Morgan fingerprint density at radius 3 is 2.40 bits per heavy atom. The quantitative estimate of drug-likeness (QED) is 0.759. The SMILES string of the molecule is COc1c(C#N)sc(SC(C)C)c1C#N. The molecule has 0 N–H and O–H groups in total. The zero-order chi connectivity index (χ0) is 11.4. The molecule has 5 heteroatoms. The molecule has 0 spiro atoms. The second kappa shape index (κ2) is 5.06. The van der Waals surface area contributed by atoms with Crippen LogP contribution in [0.4, 0.5) is 0 Å². The maximum absolute atomic E-state index is 9.01. The molecule has 0 bridgehead atoms. The molecule has 0 unspecified atom stereocenters. The van der Waals surface area contributed by atoms with Crippen LogP contribution in [0.1, 0.15) is 24.3 Å². The van der Waals surface area contributed by atoms with Gasteiger partial charge in [-0.05, 0) is 0 Å². The summed E-state index contributed by atoms with van der Waals surface area (Å²) in [5.74, 6) is 0.410. The van der Waals surface area contributed by atoms with E-state index in [1.165, 1.54) is 18.4 Å². The normalized spacial score (nSPS) is 9.73. The Kier molecular flexibility index (Phi) is 4.02. The largest absolute Gasteiger partial charge is 0.493 e. The molecular formula is C10H10N2OS2. The highest BCUT2D eigenvalue weighted by molar-refractivity contribution is 8.01. The Bertz CT molecular complexity index is 438. The van der Waals surface area contributed by atoms with E-state index in [1.54, 1.807) is 11.8 Å². The van der Waals surface area contributed by atoms with Crippen LogP contribution < -0.4 is 4.74 Å². The zero-order valence-corrected chi connectivity index (χ0v) is 10.3. The highest BCUT2D eigenvalue weighted by Crippen LogP contribution is 2.41. The van der Waals surface area contributed by atoms with Gasteiger partial charge in [-0.2, -0.15) is 10.5 Å². The summed E-state index contributed by atoms with van der Waals surface area (Å²) in [6.07, 6.45) is 0. The maximum atomic E-state index is 9.01. The third kappa shape index (κ3) is 2.44. The lowest BCUT2D eigenvalue weighted by Gasteiger charge is -2.01. The molecule has 0 amide bonds. The second-order valence-electron chi connectivity index (χ2n) is 3.02. The second-order valence-corrected chi connectivity index (χ2v) is 5.88. The van der Waals surface area contributed by atoms with Gasteiger partial charge in [-0.25, -0.2) is 0 Å². The molecule has 0 fully saturated rings. The molecule has 0 saturated heterocycles. The van der Waals surface area contributed by atoms with E-state index in [-0.39, 0.29) is 0 Å². The van der Waals surface area contributed by atoms with Crippen molar-refractivity contribution in [2.24, 2.45) is 0 Å². The van der Waals surface area contributed by atoms with E-state index >= 15 is 0 Å². The van der Waals surface area contributed by atoms with E-state index in [2.05, 4.69) is 6.07 Å². The van der Waals surface area contributed by atoms with Crippen LogP contribution in [-0.2, 0) is 0 Å². The van der Waals surface area contributed by atoms with Gasteiger partial charge >= 0.3 is 0 Å². The lowest BCUT2D eigenvalue weighted by Crippen LogP contribution is -1.88. The summed E-state index contributed by atoms with van der Waals surface area (Å²) in [6.45, 7) is 4.09. The molecular weight excluding hydrogens is 228 g/mol. The van der Waals surface area contributed by atoms with Gasteiger partial charge < -0.3 is 4.74 Å². The summed E-state index contributed by atoms with van der Waals surface area (Å²) in [5, 5.41) is 18.3. The van der Waals surface area contributed by atoms with Gasteiger partial charge in [0.1, 0.15) is 22.6 Å². The van der Waals surface area contributed by atoms with Crippen molar-refractivity contribution in [3.63, 3.8) is 0 Å². The first kappa shape index (κ1) is 11.9. The minimum absolute atomic E-state index is 0.381. The number of ether oxygens (including phenoxy) is 1. The highest BCUT2D eigenvalue weighted by Gasteiger charge is 2.19. The summed E-state index contributed by atoms with van der Waals surface area (Å²) < 4.78 is 5.93. The predicted octanol–water partition coefficient (Wildman–Crippen LogP) is 3.00. The molecule has 0 radical (unpaired) electrons. The minimum Gasteiger partial charge on any atom is -0.493 e. The van der Waals surface area contributed by atoms with Crippen LogP contribution in [-0.4, -0.2) is 12.4 Å². The Balaban J connectivity index is 3.24. The van der Waals surface area contributed by atoms with Crippen LogP contribution in [0.5, 0.6) is 5.75 Å². The molecule has 15 heavy (non-hydrogen) atoms. The van der Waals surface area contributed by atoms with Gasteiger partial charge in [0.05, 0.1) is 11.3 Å². The minimum atomic E-state index is 0.381. The van der Waals surface area contributed by atoms with Gasteiger partial charge in [0.2, 0.25) is 0 Å². The molecule has 1 aromatic heterocycles. The van der Waals surface area contributed by atoms with Crippen molar-refractivity contribution in [2.45, 2.75) is 23.3 Å². The number of hydrogen-bond donors (Lipinski definition) is 0. The number of thiophene rings is 1. The molecule has 0 aliphatic carbocycles. The Labute approximate surface area is 97.3 Å². The zero-order valence-electron chi connectivity index (χ0n) is 8.70. The first-order chi connectivity index (χ1) is 7.13. The fourth-order valence-corrected chi connectivity index (χ4v) is 3.51. The van der Waals surface area contributed by atoms with Crippen molar-refractivity contribution in [1.29, 1.82) is 10.5 Å². The molecule has 0 aliphatic heterocycles. The third-order valence-electron chi connectivity index (χ3n) is 1.59. The Hall–Kier alpha value is -1.17. The number of rotatable bonds is 3. The van der Waals surface area contributed by atoms with Crippen LogP contribution in [0.3, 0.4) is 0 Å². The number of nitrogens with zero attached hydrogens (tertiary/aromatic N) is 2. The average molecular weight is 238 g/mol. The van der Waals surface area contributed by atoms with Gasteiger partial charge in [0.25, 0.3) is 0 Å². The highest BCUT2D eigenvalue weighted by atomic mass is 32.2. The van der Waals surface area contributed by atoms with Crippen molar-refractivity contribution < 1.29 is 4.74 Å². The molecule has 0 aromatic carbocycles. The van der Waals surface area contributed by atoms with E-state index in [9.17, 15) is 0 Å². The molecule has 1 aromatic rings. The van der Waals surface area contributed by atoms with Crippen molar-refractivity contribution >= 4 is 23.1 Å². The Morgan fingerprint density at radius 1 is 1.33 bits per heavy atom. The standard InChI is InChI=1S/C10H10N2OS2/c1-6(2)14-10-7(4-11)9(13-3)8(5-12)15-10/h6H,1-3H3. The predicted molar refractivity (Wildman–Crippen MR) is 61.3 cm³/mol. The van der Waals surface area contributed by atoms with E-state index in [0.717, 1.165) is 4.21 Å². The molecule has 78 valence electrons. The molecule has 0 saturated carbocycles. The van der Waals surface area contributed by atoms with Crippen LogP contribution in [0, 0.1) is 22.7 Å². The lowest BCUT2D eigenvalue weighted by molar-refractivity contribution is 0.413. The molecule has 3 nitrogen and oxygen atoms in total. The molecule has 0 aliphatic rings. The third-order valence-corrected chi connectivity index (χ3v) is 3.89. The fourth-order valence-electron chi connectivity index (χ4n) is 1.06. The van der Waals surface area contributed by atoms with Crippen LogP contribution in [0.2, 0.25) is 0 Å². The van der Waals surface area contributed by atoms with Crippen molar-refractivity contribution in [3.8, 4) is 17.9 Å². The van der Waals surface area contributed by atoms with E-state index in [0.29, 0.717) is 21.4 Å². The monoisotopic (exact) mass is 238 g/mol. The van der Waals surface area contributed by atoms with E-state index in [4.69, 9.17) is 15.3 Å². The van der Waals surface area contributed by atoms with Crippen molar-refractivity contribution in [1.82, 2.24) is 0 Å². The topological polar surface area (TPSA) is 56.8 Å². The van der Waals surface area contributed by atoms with Gasteiger partial charge in [0, 0.05) is 5.25 Å². The van der Waals surface area contributed by atoms with E-state index < -0.39 is 0 Å². The van der Waals surface area contributed by atoms with Crippen molar-refractivity contribution in [3.05, 3.63) is 10.4 Å². The maximum Gasteiger partial charge on any atom is 0.166 e. The van der Waals surface area contributed by atoms with Crippen LogP contribution >= 0.6 is 23.1 Å². The molecule has 1 heterocycles. The summed E-state index contributed by atoms with van der Waals surface area (Å²) >= 11 is 2.90. The molecule has 1 rings (SSSR count). The first-order valence-corrected chi connectivity index (χ1v) is 6.01. The van der Waals surface area contributed by atoms with Gasteiger partial charge in [-0.15, -0.1) is 23.1 Å². The number of hydrogen-bond acceptors (Lipinski definition) is 5. The van der Waals surface area contributed by atoms with Crippen molar-refractivity contribution in [2.75, 3.05) is 7.11 Å². The van der Waals surface area contributed by atoms with Crippen LogP contribution in [0.25, 0.3) is 0 Å². The molecule has 0 atom stereocenters. The fraction of sp³-hybridized carbons (Fsp3) is 0.400. The summed E-state index contributed by atoms with van der Waals surface area (Å²) in [7, 11) is 1.48. The van der Waals surface area contributed by atoms with E-state index in [1.807, 2.05) is 19.9 Å². The number of thioether (sulfide) groups is 1.